The van der Waals surface area contributed by atoms with Crippen LogP contribution in [0.1, 0.15) is 35.7 Å². The second-order valence-electron chi connectivity index (χ2n) is 5.75. The van der Waals surface area contributed by atoms with E-state index < -0.39 is 4.92 Å². The zero-order chi connectivity index (χ0) is 16.6. The molecule has 1 saturated carbocycles. The van der Waals surface area contributed by atoms with Crippen molar-refractivity contribution in [3.8, 4) is 0 Å². The molecule has 0 unspecified atom stereocenters. The maximum absolute atomic E-state index is 11.6. The van der Waals surface area contributed by atoms with Crippen LogP contribution in [-0.4, -0.2) is 20.5 Å². The van der Waals surface area contributed by atoms with E-state index in [2.05, 4.69) is 5.10 Å². The number of carbonyl (C=O) groups excluding carboxylic acids is 1. The van der Waals surface area contributed by atoms with Crippen molar-refractivity contribution < 1.29 is 14.1 Å². The summed E-state index contributed by atoms with van der Waals surface area (Å²) in [6, 6.07) is 3.55. The van der Waals surface area contributed by atoms with Crippen molar-refractivity contribution in [2.24, 2.45) is 5.92 Å². The van der Waals surface area contributed by atoms with Crippen molar-refractivity contribution in [1.29, 1.82) is 0 Å². The SMILES string of the molecule is Cc1nn(Cc2ccc(/C=C/C(=O)C3CC3)o2)c(C)c1[N+](=O)[O-]. The number of aryl methyl sites for hydroxylation is 1. The summed E-state index contributed by atoms with van der Waals surface area (Å²) in [6.07, 6.45) is 5.16. The fourth-order valence-corrected chi connectivity index (χ4v) is 2.49. The number of aromatic nitrogens is 2. The van der Waals surface area contributed by atoms with Crippen molar-refractivity contribution >= 4 is 17.5 Å². The minimum atomic E-state index is -0.423. The van der Waals surface area contributed by atoms with Gasteiger partial charge < -0.3 is 4.42 Å². The van der Waals surface area contributed by atoms with Crippen LogP contribution in [-0.2, 0) is 11.3 Å². The molecule has 0 bridgehead atoms. The summed E-state index contributed by atoms with van der Waals surface area (Å²) >= 11 is 0. The molecule has 0 aliphatic heterocycles. The second kappa shape index (κ2) is 5.83. The predicted octanol–water partition coefficient (Wildman–Crippen LogP) is 3.04. The van der Waals surface area contributed by atoms with Gasteiger partial charge in [0.1, 0.15) is 22.9 Å². The quantitative estimate of drug-likeness (QED) is 0.464. The molecule has 0 spiro atoms. The van der Waals surface area contributed by atoms with Crippen molar-refractivity contribution in [3.63, 3.8) is 0 Å². The van der Waals surface area contributed by atoms with Crippen molar-refractivity contribution in [2.75, 3.05) is 0 Å². The van der Waals surface area contributed by atoms with Crippen molar-refractivity contribution in [2.45, 2.75) is 33.2 Å². The van der Waals surface area contributed by atoms with E-state index in [1.54, 1.807) is 42.8 Å². The van der Waals surface area contributed by atoms with Gasteiger partial charge in [0.05, 0.1) is 11.5 Å². The molecule has 7 nitrogen and oxygen atoms in total. The summed E-state index contributed by atoms with van der Waals surface area (Å²) in [5.74, 6) is 1.54. The molecule has 0 N–H and O–H groups in total. The summed E-state index contributed by atoms with van der Waals surface area (Å²) in [4.78, 5) is 22.2. The molecule has 1 aliphatic rings. The summed E-state index contributed by atoms with van der Waals surface area (Å²) in [6.45, 7) is 3.59. The highest BCUT2D eigenvalue weighted by Crippen LogP contribution is 2.30. The van der Waals surface area contributed by atoms with Gasteiger partial charge in [0.25, 0.3) is 0 Å². The molecule has 2 aromatic heterocycles. The van der Waals surface area contributed by atoms with E-state index >= 15 is 0 Å². The van der Waals surface area contributed by atoms with Crippen LogP contribution in [0.4, 0.5) is 5.69 Å². The average molecular weight is 315 g/mol. The summed E-state index contributed by atoms with van der Waals surface area (Å²) in [5.41, 5.74) is 0.908. The monoisotopic (exact) mass is 315 g/mol. The van der Waals surface area contributed by atoms with Crippen LogP contribution < -0.4 is 0 Å². The molecule has 0 radical (unpaired) electrons. The molecular formula is C16H17N3O4. The number of hydrogen-bond acceptors (Lipinski definition) is 5. The molecule has 0 saturated heterocycles. The first kappa shape index (κ1) is 15.2. The number of carbonyl (C=O) groups is 1. The largest absolute Gasteiger partial charge is 0.460 e. The third-order valence-electron chi connectivity index (χ3n) is 3.91. The molecule has 2 aromatic rings. The number of hydrogen-bond donors (Lipinski definition) is 0. The van der Waals surface area contributed by atoms with Crippen LogP contribution in [0.2, 0.25) is 0 Å². The molecular weight excluding hydrogens is 298 g/mol. The van der Waals surface area contributed by atoms with E-state index in [1.165, 1.54) is 0 Å². The Hall–Kier alpha value is -2.70. The van der Waals surface area contributed by atoms with Gasteiger partial charge in [-0.25, -0.2) is 0 Å². The molecule has 23 heavy (non-hydrogen) atoms. The second-order valence-corrected chi connectivity index (χ2v) is 5.75. The molecule has 120 valence electrons. The van der Waals surface area contributed by atoms with E-state index in [-0.39, 0.29) is 17.4 Å². The Labute approximate surface area is 132 Å². The van der Waals surface area contributed by atoms with E-state index in [1.807, 2.05) is 0 Å². The highest BCUT2D eigenvalue weighted by molar-refractivity contribution is 5.96. The van der Waals surface area contributed by atoms with Gasteiger partial charge in [-0.15, -0.1) is 0 Å². The van der Waals surface area contributed by atoms with Crippen LogP contribution in [0, 0.1) is 29.9 Å². The van der Waals surface area contributed by atoms with E-state index in [4.69, 9.17) is 4.42 Å². The molecule has 0 aromatic carbocycles. The first-order valence-corrected chi connectivity index (χ1v) is 7.44. The normalized spacial score (nSPS) is 14.5. The highest BCUT2D eigenvalue weighted by Gasteiger charge is 2.27. The van der Waals surface area contributed by atoms with Crippen molar-refractivity contribution in [1.82, 2.24) is 9.78 Å². The molecule has 0 atom stereocenters. The molecule has 7 heteroatoms. The molecule has 1 aliphatic carbocycles. The van der Waals surface area contributed by atoms with Gasteiger partial charge in [-0.1, -0.05) is 0 Å². The van der Waals surface area contributed by atoms with Gasteiger partial charge in [-0.2, -0.15) is 5.10 Å². The van der Waals surface area contributed by atoms with Gasteiger partial charge in [0.2, 0.25) is 0 Å². The van der Waals surface area contributed by atoms with Gasteiger partial charge in [0, 0.05) is 5.92 Å². The smallest absolute Gasteiger partial charge is 0.312 e. The van der Waals surface area contributed by atoms with Gasteiger partial charge in [0.15, 0.2) is 5.78 Å². The Morgan fingerprint density at radius 3 is 2.83 bits per heavy atom. The van der Waals surface area contributed by atoms with Crippen LogP contribution in [0.5, 0.6) is 0 Å². The number of ketones is 1. The van der Waals surface area contributed by atoms with E-state index in [9.17, 15) is 14.9 Å². The maximum atomic E-state index is 11.6. The van der Waals surface area contributed by atoms with Crippen LogP contribution in [0.25, 0.3) is 6.08 Å². The first-order chi connectivity index (χ1) is 11.0. The van der Waals surface area contributed by atoms with Crippen LogP contribution in [0.3, 0.4) is 0 Å². The highest BCUT2D eigenvalue weighted by atomic mass is 16.6. The number of rotatable bonds is 6. The van der Waals surface area contributed by atoms with Gasteiger partial charge >= 0.3 is 5.69 Å². The number of allylic oxidation sites excluding steroid dienone is 1. The molecule has 1 fully saturated rings. The zero-order valence-electron chi connectivity index (χ0n) is 13.0. The molecule has 2 heterocycles. The Bertz CT molecular complexity index is 796. The minimum Gasteiger partial charge on any atom is -0.460 e. The Morgan fingerprint density at radius 1 is 1.48 bits per heavy atom. The summed E-state index contributed by atoms with van der Waals surface area (Å²) in [7, 11) is 0. The fourth-order valence-electron chi connectivity index (χ4n) is 2.49. The first-order valence-electron chi connectivity index (χ1n) is 7.44. The third-order valence-corrected chi connectivity index (χ3v) is 3.91. The van der Waals surface area contributed by atoms with Crippen LogP contribution >= 0.6 is 0 Å². The maximum Gasteiger partial charge on any atom is 0.312 e. The number of furan rings is 1. The Balaban J connectivity index is 1.73. The lowest BCUT2D eigenvalue weighted by Crippen LogP contribution is -2.03. The van der Waals surface area contributed by atoms with Gasteiger partial charge in [-0.05, 0) is 51.0 Å². The zero-order valence-corrected chi connectivity index (χ0v) is 13.0. The average Bonchev–Trinajstić information content (AvgIpc) is 3.18. The fraction of sp³-hybridized carbons (Fsp3) is 0.375. The standard InChI is InChI=1S/C16H17N3O4/c1-10-16(19(21)22)11(2)18(17-10)9-14-6-5-13(23-14)7-8-15(20)12-3-4-12/h5-8,12H,3-4,9H2,1-2H3/b8-7+. The summed E-state index contributed by atoms with van der Waals surface area (Å²) < 4.78 is 7.18. The third kappa shape index (κ3) is 3.23. The topological polar surface area (TPSA) is 91.2 Å². The van der Waals surface area contributed by atoms with Gasteiger partial charge in [-0.3, -0.25) is 19.6 Å². The van der Waals surface area contributed by atoms with E-state index in [0.29, 0.717) is 29.5 Å². The van der Waals surface area contributed by atoms with Crippen molar-refractivity contribution in [3.05, 3.63) is 51.2 Å². The predicted molar refractivity (Wildman–Crippen MR) is 82.9 cm³/mol. The number of nitro groups is 1. The molecule has 3 rings (SSSR count). The molecule has 0 amide bonds. The lowest BCUT2D eigenvalue weighted by molar-refractivity contribution is -0.386. The lowest BCUT2D eigenvalue weighted by atomic mass is 10.2. The lowest BCUT2D eigenvalue weighted by Gasteiger charge is -2.00. The Morgan fingerprint density at radius 2 is 2.22 bits per heavy atom. The number of nitrogens with zero attached hydrogens (tertiary/aromatic N) is 3. The van der Waals surface area contributed by atoms with Crippen LogP contribution in [0.15, 0.2) is 22.6 Å². The minimum absolute atomic E-state index is 0.0340. The summed E-state index contributed by atoms with van der Waals surface area (Å²) in [5, 5.41) is 15.2. The Kier molecular flexibility index (Phi) is 3.85. The van der Waals surface area contributed by atoms with E-state index in [0.717, 1.165) is 12.8 Å².